The van der Waals surface area contributed by atoms with Crippen LogP contribution in [0.25, 0.3) is 11.3 Å². The molecule has 0 aliphatic carbocycles. The quantitative estimate of drug-likeness (QED) is 0.502. The van der Waals surface area contributed by atoms with E-state index in [0.29, 0.717) is 17.0 Å². The van der Waals surface area contributed by atoms with Gasteiger partial charge in [-0.05, 0) is 55.8 Å². The van der Waals surface area contributed by atoms with Gasteiger partial charge in [-0.3, -0.25) is 4.79 Å². The molecule has 158 valence electrons. The van der Waals surface area contributed by atoms with Gasteiger partial charge in [0.05, 0.1) is 23.7 Å². The number of carbonyl (C=O) groups is 1. The van der Waals surface area contributed by atoms with Gasteiger partial charge in [-0.2, -0.15) is 0 Å². The molecule has 30 heavy (non-hydrogen) atoms. The Morgan fingerprint density at radius 1 is 1.07 bits per heavy atom. The van der Waals surface area contributed by atoms with Crippen molar-refractivity contribution < 1.29 is 27.2 Å². The molecule has 1 heterocycles. The molecular formula is C22H23NO6S. The number of esters is 1. The Morgan fingerprint density at radius 2 is 1.73 bits per heavy atom. The average molecular weight is 429 g/mol. The first-order chi connectivity index (χ1) is 14.3. The normalized spacial score (nSPS) is 11.5. The van der Waals surface area contributed by atoms with E-state index in [-0.39, 0.29) is 17.9 Å². The third kappa shape index (κ3) is 5.07. The number of hydrogen-bond donors (Lipinski definition) is 0. The summed E-state index contributed by atoms with van der Waals surface area (Å²) in [5.74, 6) is 0.858. The molecule has 2 aromatic carbocycles. The number of aromatic nitrogens is 1. The van der Waals surface area contributed by atoms with E-state index in [1.165, 1.54) is 12.1 Å². The van der Waals surface area contributed by atoms with Gasteiger partial charge in [0.1, 0.15) is 18.1 Å². The Balaban J connectivity index is 1.55. The highest BCUT2D eigenvalue weighted by atomic mass is 32.2. The van der Waals surface area contributed by atoms with Gasteiger partial charge in [0.15, 0.2) is 15.6 Å². The van der Waals surface area contributed by atoms with E-state index in [2.05, 4.69) is 5.16 Å². The zero-order valence-corrected chi connectivity index (χ0v) is 17.8. The van der Waals surface area contributed by atoms with Gasteiger partial charge < -0.3 is 14.0 Å². The van der Waals surface area contributed by atoms with E-state index >= 15 is 0 Å². The molecule has 0 aliphatic heterocycles. The van der Waals surface area contributed by atoms with E-state index in [0.717, 1.165) is 11.3 Å². The second kappa shape index (κ2) is 9.13. The maximum atomic E-state index is 12.1. The van der Waals surface area contributed by atoms with Gasteiger partial charge in [0.25, 0.3) is 0 Å². The molecule has 1 aromatic heterocycles. The molecule has 0 saturated heterocycles. The highest BCUT2D eigenvalue weighted by molar-refractivity contribution is 7.92. The van der Waals surface area contributed by atoms with Crippen molar-refractivity contribution in [3.05, 3.63) is 65.9 Å². The first kappa shape index (κ1) is 21.6. The summed E-state index contributed by atoms with van der Waals surface area (Å²) in [5, 5.41) is 3.42. The minimum absolute atomic E-state index is 0.0156. The number of sulfone groups is 1. The van der Waals surface area contributed by atoms with E-state index in [9.17, 15) is 13.2 Å². The maximum absolute atomic E-state index is 12.1. The van der Waals surface area contributed by atoms with Crippen molar-refractivity contribution >= 4 is 15.8 Å². The third-order valence-corrected chi connectivity index (χ3v) is 6.71. The molecule has 3 aromatic rings. The number of methoxy groups -OCH3 is 1. The van der Waals surface area contributed by atoms with Crippen molar-refractivity contribution in [2.45, 2.75) is 37.0 Å². The topological polar surface area (TPSA) is 95.7 Å². The molecule has 0 atom stereocenters. The summed E-state index contributed by atoms with van der Waals surface area (Å²) in [5.41, 5.74) is 1.99. The molecule has 0 aliphatic rings. The number of nitrogens with zero attached hydrogens (tertiary/aromatic N) is 1. The van der Waals surface area contributed by atoms with Crippen LogP contribution in [0.2, 0.25) is 0 Å². The third-order valence-electron chi connectivity index (χ3n) is 4.54. The van der Waals surface area contributed by atoms with Crippen LogP contribution in [0.15, 0.2) is 64.0 Å². The summed E-state index contributed by atoms with van der Waals surface area (Å²) in [4.78, 5) is 12.3. The van der Waals surface area contributed by atoms with Crippen LogP contribution < -0.4 is 4.74 Å². The number of rotatable bonds is 8. The van der Waals surface area contributed by atoms with Crippen LogP contribution in [-0.4, -0.2) is 31.9 Å². The number of benzene rings is 2. The predicted molar refractivity (Wildman–Crippen MR) is 111 cm³/mol. The van der Waals surface area contributed by atoms with Crippen LogP contribution in [0.5, 0.6) is 5.75 Å². The van der Waals surface area contributed by atoms with Gasteiger partial charge in [-0.1, -0.05) is 17.3 Å². The fourth-order valence-corrected chi connectivity index (χ4v) is 3.77. The van der Waals surface area contributed by atoms with Crippen molar-refractivity contribution in [3.63, 3.8) is 0 Å². The molecule has 0 amide bonds. The Morgan fingerprint density at radius 3 is 2.33 bits per heavy atom. The first-order valence-corrected chi connectivity index (χ1v) is 10.9. The summed E-state index contributed by atoms with van der Waals surface area (Å²) >= 11 is 0. The molecule has 0 spiro atoms. The summed E-state index contributed by atoms with van der Waals surface area (Å²) in [7, 11) is -1.74. The van der Waals surface area contributed by atoms with Crippen molar-refractivity contribution in [2.24, 2.45) is 0 Å². The zero-order chi connectivity index (χ0) is 21.7. The lowest BCUT2D eigenvalue weighted by Gasteiger charge is -2.08. The second-order valence-electron chi connectivity index (χ2n) is 6.99. The predicted octanol–water partition coefficient (Wildman–Crippen LogP) is 3.82. The fourth-order valence-electron chi connectivity index (χ4n) is 2.71. The molecule has 0 bridgehead atoms. The Kier molecular flexibility index (Phi) is 6.56. The van der Waals surface area contributed by atoms with Gasteiger partial charge in [0, 0.05) is 11.6 Å². The average Bonchev–Trinajstić information content (AvgIpc) is 3.22. The van der Waals surface area contributed by atoms with Gasteiger partial charge >= 0.3 is 5.97 Å². The Hall–Kier alpha value is -3.13. The lowest BCUT2D eigenvalue weighted by Crippen LogP contribution is -2.14. The summed E-state index contributed by atoms with van der Waals surface area (Å²) in [6.07, 6.45) is 0.0329. The molecule has 0 unspecified atom stereocenters. The molecule has 8 heteroatoms. The second-order valence-corrected chi connectivity index (χ2v) is 9.49. The van der Waals surface area contributed by atoms with Crippen molar-refractivity contribution in [3.8, 4) is 17.1 Å². The Bertz CT molecular complexity index is 1100. The maximum Gasteiger partial charge on any atom is 0.310 e. The standard InChI is InChI=1S/C22H23NO6S/c1-15(2)30(25,26)20-10-4-16(5-11-20)12-22(24)28-14-18-13-21(29-23-18)17-6-8-19(27-3)9-7-17/h4-11,13,15H,12,14H2,1-3H3. The lowest BCUT2D eigenvalue weighted by molar-refractivity contribution is -0.144. The summed E-state index contributed by atoms with van der Waals surface area (Å²) < 4.78 is 40.0. The van der Waals surface area contributed by atoms with Crippen LogP contribution >= 0.6 is 0 Å². The van der Waals surface area contributed by atoms with E-state index in [1.54, 1.807) is 39.2 Å². The summed E-state index contributed by atoms with van der Waals surface area (Å²) in [6.45, 7) is 3.24. The van der Waals surface area contributed by atoms with Gasteiger partial charge in [-0.15, -0.1) is 0 Å². The largest absolute Gasteiger partial charge is 0.497 e. The van der Waals surface area contributed by atoms with Crippen molar-refractivity contribution in [1.82, 2.24) is 5.16 Å². The minimum Gasteiger partial charge on any atom is -0.497 e. The molecule has 0 saturated carbocycles. The molecule has 0 radical (unpaired) electrons. The molecule has 0 N–H and O–H groups in total. The highest BCUT2D eigenvalue weighted by Crippen LogP contribution is 2.23. The van der Waals surface area contributed by atoms with E-state index in [4.69, 9.17) is 14.0 Å². The Labute approximate surface area is 175 Å². The molecule has 3 rings (SSSR count). The van der Waals surface area contributed by atoms with E-state index in [1.807, 2.05) is 24.3 Å². The smallest absolute Gasteiger partial charge is 0.310 e. The SMILES string of the molecule is COc1ccc(-c2cc(COC(=O)Cc3ccc(S(=O)(=O)C(C)C)cc3)no2)cc1. The van der Waals surface area contributed by atoms with Gasteiger partial charge in [-0.25, -0.2) is 8.42 Å². The summed E-state index contributed by atoms with van der Waals surface area (Å²) in [6, 6.07) is 15.3. The van der Waals surface area contributed by atoms with Crippen molar-refractivity contribution in [1.29, 1.82) is 0 Å². The molecular weight excluding hydrogens is 406 g/mol. The van der Waals surface area contributed by atoms with Crippen LogP contribution in [0, 0.1) is 0 Å². The number of carbonyl (C=O) groups excluding carboxylic acids is 1. The molecule has 0 fully saturated rings. The lowest BCUT2D eigenvalue weighted by atomic mass is 10.1. The van der Waals surface area contributed by atoms with Crippen molar-refractivity contribution in [2.75, 3.05) is 7.11 Å². The monoisotopic (exact) mass is 429 g/mol. The van der Waals surface area contributed by atoms with Crippen LogP contribution in [0.3, 0.4) is 0 Å². The number of ether oxygens (including phenoxy) is 2. The van der Waals surface area contributed by atoms with Gasteiger partial charge in [0.2, 0.25) is 0 Å². The molecule has 7 nitrogen and oxygen atoms in total. The highest BCUT2D eigenvalue weighted by Gasteiger charge is 2.19. The number of hydrogen-bond acceptors (Lipinski definition) is 7. The first-order valence-electron chi connectivity index (χ1n) is 9.38. The van der Waals surface area contributed by atoms with Crippen LogP contribution in [0.1, 0.15) is 25.1 Å². The van der Waals surface area contributed by atoms with Crippen LogP contribution in [0.4, 0.5) is 0 Å². The van der Waals surface area contributed by atoms with Crippen LogP contribution in [-0.2, 0) is 32.4 Å². The van der Waals surface area contributed by atoms with E-state index < -0.39 is 21.1 Å². The fraction of sp³-hybridized carbons (Fsp3) is 0.273. The minimum atomic E-state index is -3.33. The zero-order valence-electron chi connectivity index (χ0n) is 17.0.